The lowest BCUT2D eigenvalue weighted by atomic mass is 9.99. The second-order valence-electron chi connectivity index (χ2n) is 4.91. The van der Waals surface area contributed by atoms with Gasteiger partial charge in [0.15, 0.2) is 0 Å². The Bertz CT molecular complexity index is 641. The third-order valence-corrected chi connectivity index (χ3v) is 3.28. The predicted molar refractivity (Wildman–Crippen MR) is 79.9 cm³/mol. The first kappa shape index (κ1) is 15.7. The van der Waals surface area contributed by atoms with Crippen LogP contribution in [0.4, 0.5) is 4.39 Å². The number of carboxylic acids is 1. The van der Waals surface area contributed by atoms with Crippen LogP contribution in [0.1, 0.15) is 17.0 Å². The SMILES string of the molecule is O=C(Cc1ccc(F)cc1)NC[C@H](C(=O)O)c1ccccc1. The summed E-state index contributed by atoms with van der Waals surface area (Å²) in [4.78, 5) is 23.2. The number of nitrogens with one attached hydrogen (secondary N) is 1. The Balaban J connectivity index is 1.93. The van der Waals surface area contributed by atoms with Crippen LogP contribution in [0, 0.1) is 5.82 Å². The molecule has 0 bridgehead atoms. The van der Waals surface area contributed by atoms with Gasteiger partial charge in [0.1, 0.15) is 5.82 Å². The molecule has 0 spiro atoms. The van der Waals surface area contributed by atoms with Gasteiger partial charge in [-0.15, -0.1) is 0 Å². The van der Waals surface area contributed by atoms with Crippen LogP contribution in [0.2, 0.25) is 0 Å². The molecule has 0 fully saturated rings. The summed E-state index contributed by atoms with van der Waals surface area (Å²) in [5.74, 6) is -2.44. The Kier molecular flexibility index (Phi) is 5.25. The van der Waals surface area contributed by atoms with Gasteiger partial charge in [-0.25, -0.2) is 4.39 Å². The molecule has 2 aromatic carbocycles. The van der Waals surface area contributed by atoms with Crippen LogP contribution in [0.5, 0.6) is 0 Å². The maximum atomic E-state index is 12.8. The average molecular weight is 301 g/mol. The molecule has 0 aromatic heterocycles. The van der Waals surface area contributed by atoms with Gasteiger partial charge in [0.05, 0.1) is 12.3 Å². The number of hydrogen-bond acceptors (Lipinski definition) is 2. The number of rotatable bonds is 6. The molecule has 0 aliphatic rings. The molecule has 22 heavy (non-hydrogen) atoms. The zero-order chi connectivity index (χ0) is 15.9. The first-order valence-corrected chi connectivity index (χ1v) is 6.85. The van der Waals surface area contributed by atoms with E-state index in [1.54, 1.807) is 30.3 Å². The molecule has 2 aromatic rings. The van der Waals surface area contributed by atoms with Gasteiger partial charge in [-0.05, 0) is 23.3 Å². The molecule has 2 rings (SSSR count). The van der Waals surface area contributed by atoms with Crippen LogP contribution in [0.3, 0.4) is 0 Å². The fourth-order valence-electron chi connectivity index (χ4n) is 2.10. The summed E-state index contributed by atoms with van der Waals surface area (Å²) in [6.45, 7) is 0.0133. The first-order chi connectivity index (χ1) is 10.6. The van der Waals surface area contributed by atoms with E-state index in [1.807, 2.05) is 0 Å². The Morgan fingerprint density at radius 3 is 2.27 bits per heavy atom. The summed E-state index contributed by atoms with van der Waals surface area (Å²) >= 11 is 0. The van der Waals surface area contributed by atoms with E-state index >= 15 is 0 Å². The number of carbonyl (C=O) groups is 2. The summed E-state index contributed by atoms with van der Waals surface area (Å²) in [6, 6.07) is 14.4. The average Bonchev–Trinajstić information content (AvgIpc) is 2.50. The lowest BCUT2D eigenvalue weighted by Crippen LogP contribution is -2.32. The summed E-state index contributed by atoms with van der Waals surface area (Å²) < 4.78 is 12.8. The number of carboxylic acid groups (broad SMARTS) is 1. The third-order valence-electron chi connectivity index (χ3n) is 3.28. The van der Waals surface area contributed by atoms with E-state index in [0.717, 1.165) is 0 Å². The van der Waals surface area contributed by atoms with Crippen LogP contribution < -0.4 is 5.32 Å². The molecule has 1 amide bonds. The molecule has 0 saturated carbocycles. The fraction of sp³-hybridized carbons (Fsp3) is 0.176. The summed E-state index contributed by atoms with van der Waals surface area (Å²) in [6.07, 6.45) is 0.0847. The third kappa shape index (κ3) is 4.41. The van der Waals surface area contributed by atoms with Gasteiger partial charge >= 0.3 is 5.97 Å². The monoisotopic (exact) mass is 301 g/mol. The van der Waals surface area contributed by atoms with E-state index < -0.39 is 11.9 Å². The predicted octanol–water partition coefficient (Wildman–Crippen LogP) is 2.35. The molecule has 0 saturated heterocycles. The Labute approximate surface area is 127 Å². The molecule has 0 heterocycles. The van der Waals surface area contributed by atoms with E-state index in [2.05, 4.69) is 5.32 Å². The highest BCUT2D eigenvalue weighted by atomic mass is 19.1. The molecule has 0 radical (unpaired) electrons. The fourth-order valence-corrected chi connectivity index (χ4v) is 2.10. The number of benzene rings is 2. The van der Waals surface area contributed by atoms with E-state index in [0.29, 0.717) is 11.1 Å². The topological polar surface area (TPSA) is 66.4 Å². The van der Waals surface area contributed by atoms with Crippen molar-refractivity contribution in [3.63, 3.8) is 0 Å². The molecular formula is C17H16FNO3. The molecule has 5 heteroatoms. The van der Waals surface area contributed by atoms with Gasteiger partial charge in [-0.3, -0.25) is 9.59 Å². The molecule has 0 aliphatic heterocycles. The highest BCUT2D eigenvalue weighted by Crippen LogP contribution is 2.14. The number of hydrogen-bond donors (Lipinski definition) is 2. The van der Waals surface area contributed by atoms with Crippen LogP contribution in [0.15, 0.2) is 54.6 Å². The van der Waals surface area contributed by atoms with Crippen molar-refractivity contribution in [2.75, 3.05) is 6.54 Å². The second kappa shape index (κ2) is 7.36. The first-order valence-electron chi connectivity index (χ1n) is 6.85. The van der Waals surface area contributed by atoms with Crippen molar-refractivity contribution in [3.8, 4) is 0 Å². The summed E-state index contributed by atoms with van der Waals surface area (Å²) in [5.41, 5.74) is 1.31. The van der Waals surface area contributed by atoms with Crippen molar-refractivity contribution in [3.05, 3.63) is 71.5 Å². The lowest BCUT2D eigenvalue weighted by molar-refractivity contribution is -0.138. The normalized spacial score (nSPS) is 11.7. The number of carbonyl (C=O) groups excluding carboxylic acids is 1. The summed E-state index contributed by atoms with van der Waals surface area (Å²) in [5, 5.41) is 11.9. The zero-order valence-corrected chi connectivity index (χ0v) is 11.8. The molecule has 0 unspecified atom stereocenters. The van der Waals surface area contributed by atoms with Gasteiger partial charge in [0.2, 0.25) is 5.91 Å². The van der Waals surface area contributed by atoms with Crippen LogP contribution in [-0.2, 0) is 16.0 Å². The van der Waals surface area contributed by atoms with Gasteiger partial charge in [0, 0.05) is 6.54 Å². The largest absolute Gasteiger partial charge is 0.481 e. The van der Waals surface area contributed by atoms with Crippen molar-refractivity contribution in [1.29, 1.82) is 0 Å². The minimum atomic E-state index is -0.992. The quantitative estimate of drug-likeness (QED) is 0.860. The number of amides is 1. The second-order valence-corrected chi connectivity index (χ2v) is 4.91. The Morgan fingerprint density at radius 2 is 1.68 bits per heavy atom. The summed E-state index contributed by atoms with van der Waals surface area (Å²) in [7, 11) is 0. The van der Waals surface area contributed by atoms with E-state index in [4.69, 9.17) is 0 Å². The number of halogens is 1. The molecule has 4 nitrogen and oxygen atoms in total. The Hall–Kier alpha value is -2.69. The molecule has 114 valence electrons. The minimum absolute atomic E-state index is 0.0133. The van der Waals surface area contributed by atoms with E-state index in [1.165, 1.54) is 24.3 Å². The standard InChI is InChI=1S/C17H16FNO3/c18-14-8-6-12(7-9-14)10-16(20)19-11-15(17(21)22)13-4-2-1-3-5-13/h1-9,15H,10-11H2,(H,19,20)(H,21,22)/t15-/m0/s1. The highest BCUT2D eigenvalue weighted by Gasteiger charge is 2.20. The smallest absolute Gasteiger partial charge is 0.312 e. The highest BCUT2D eigenvalue weighted by molar-refractivity contribution is 5.81. The lowest BCUT2D eigenvalue weighted by Gasteiger charge is -2.13. The molecule has 1 atom stereocenters. The molecule has 2 N–H and O–H groups in total. The van der Waals surface area contributed by atoms with E-state index in [-0.39, 0.29) is 24.7 Å². The molecule has 0 aliphatic carbocycles. The van der Waals surface area contributed by atoms with Crippen LogP contribution in [-0.4, -0.2) is 23.5 Å². The van der Waals surface area contributed by atoms with Crippen molar-refractivity contribution < 1.29 is 19.1 Å². The van der Waals surface area contributed by atoms with Gasteiger partial charge in [-0.1, -0.05) is 42.5 Å². The van der Waals surface area contributed by atoms with Gasteiger partial charge in [-0.2, -0.15) is 0 Å². The van der Waals surface area contributed by atoms with Crippen molar-refractivity contribution in [2.45, 2.75) is 12.3 Å². The van der Waals surface area contributed by atoms with E-state index in [9.17, 15) is 19.1 Å². The minimum Gasteiger partial charge on any atom is -0.481 e. The van der Waals surface area contributed by atoms with Gasteiger partial charge < -0.3 is 10.4 Å². The molecular weight excluding hydrogens is 285 g/mol. The van der Waals surface area contributed by atoms with Crippen molar-refractivity contribution >= 4 is 11.9 Å². The van der Waals surface area contributed by atoms with Gasteiger partial charge in [0.25, 0.3) is 0 Å². The van der Waals surface area contributed by atoms with Crippen molar-refractivity contribution in [2.24, 2.45) is 0 Å². The van der Waals surface area contributed by atoms with Crippen LogP contribution in [0.25, 0.3) is 0 Å². The maximum Gasteiger partial charge on any atom is 0.312 e. The number of aliphatic carboxylic acids is 1. The zero-order valence-electron chi connectivity index (χ0n) is 11.8. The maximum absolute atomic E-state index is 12.8. The van der Waals surface area contributed by atoms with Crippen molar-refractivity contribution in [1.82, 2.24) is 5.32 Å². The Morgan fingerprint density at radius 1 is 1.05 bits per heavy atom. The van der Waals surface area contributed by atoms with Crippen LogP contribution >= 0.6 is 0 Å².